The van der Waals surface area contributed by atoms with E-state index < -0.39 is 5.97 Å². The van der Waals surface area contributed by atoms with Crippen LogP contribution in [0, 0.1) is 11.3 Å². The summed E-state index contributed by atoms with van der Waals surface area (Å²) in [6, 6.07) is 3.09. The molecule has 0 spiro atoms. The highest BCUT2D eigenvalue weighted by Gasteiger charge is 2.08. The summed E-state index contributed by atoms with van der Waals surface area (Å²) in [6.45, 7) is 0. The van der Waals surface area contributed by atoms with E-state index in [1.54, 1.807) is 0 Å². The zero-order chi connectivity index (χ0) is 10.6. The summed E-state index contributed by atoms with van der Waals surface area (Å²) in [4.78, 5) is 24.2. The van der Waals surface area contributed by atoms with Gasteiger partial charge in [-0.3, -0.25) is 9.59 Å². The minimum Gasteiger partial charge on any atom is -0.469 e. The Balaban J connectivity index is 3.06. The van der Waals surface area contributed by atoms with Crippen LogP contribution in [0.5, 0.6) is 0 Å². The molecular weight excluding hydrogens is 184 g/mol. The van der Waals surface area contributed by atoms with Gasteiger partial charge in [0, 0.05) is 12.3 Å². The molecule has 0 aromatic carbocycles. The number of nitrogens with one attached hydrogen (secondary N) is 1. The van der Waals surface area contributed by atoms with Crippen LogP contribution in [0.3, 0.4) is 0 Å². The molecule has 0 fully saturated rings. The molecule has 0 atom stereocenters. The maximum absolute atomic E-state index is 10.9. The molecule has 0 aliphatic carbocycles. The van der Waals surface area contributed by atoms with Gasteiger partial charge in [0.15, 0.2) is 0 Å². The molecule has 72 valence electrons. The van der Waals surface area contributed by atoms with Crippen molar-refractivity contribution in [2.24, 2.45) is 0 Å². The van der Waals surface area contributed by atoms with E-state index >= 15 is 0 Å². The molecule has 1 N–H and O–H groups in total. The van der Waals surface area contributed by atoms with Gasteiger partial charge < -0.3 is 9.72 Å². The van der Waals surface area contributed by atoms with Gasteiger partial charge in [0.2, 0.25) is 5.56 Å². The summed E-state index contributed by atoms with van der Waals surface area (Å²) in [7, 11) is 1.25. The molecule has 0 amide bonds. The number of ether oxygens (including phenoxy) is 1. The van der Waals surface area contributed by atoms with Gasteiger partial charge in [-0.1, -0.05) is 0 Å². The highest BCUT2D eigenvalue weighted by molar-refractivity contribution is 5.73. The van der Waals surface area contributed by atoms with Gasteiger partial charge in [-0.25, -0.2) is 0 Å². The molecule has 0 saturated carbocycles. The SMILES string of the molecule is COC(=O)Cc1cc(=O)[nH]cc1C#N. The van der Waals surface area contributed by atoms with E-state index in [4.69, 9.17) is 5.26 Å². The van der Waals surface area contributed by atoms with Crippen molar-refractivity contribution >= 4 is 5.97 Å². The van der Waals surface area contributed by atoms with E-state index in [1.807, 2.05) is 6.07 Å². The number of aromatic amines is 1. The fourth-order valence-electron chi connectivity index (χ4n) is 0.992. The average molecular weight is 192 g/mol. The van der Waals surface area contributed by atoms with Crippen molar-refractivity contribution in [3.05, 3.63) is 33.7 Å². The Kier molecular flexibility index (Phi) is 3.02. The summed E-state index contributed by atoms with van der Waals surface area (Å²) in [6.07, 6.45) is 1.21. The Morgan fingerprint density at radius 3 is 3.00 bits per heavy atom. The molecule has 0 unspecified atom stereocenters. The van der Waals surface area contributed by atoms with Crippen LogP contribution in [0.4, 0.5) is 0 Å². The third-order valence-electron chi connectivity index (χ3n) is 1.69. The van der Waals surface area contributed by atoms with Crippen molar-refractivity contribution in [2.45, 2.75) is 6.42 Å². The fourth-order valence-corrected chi connectivity index (χ4v) is 0.992. The number of rotatable bonds is 2. The van der Waals surface area contributed by atoms with Gasteiger partial charge in [0.25, 0.3) is 0 Å². The first kappa shape index (κ1) is 9.99. The van der Waals surface area contributed by atoms with Crippen LogP contribution in [0.2, 0.25) is 0 Å². The molecule has 0 bridgehead atoms. The third kappa shape index (κ3) is 2.20. The smallest absolute Gasteiger partial charge is 0.310 e. The van der Waals surface area contributed by atoms with E-state index in [1.165, 1.54) is 19.4 Å². The quantitative estimate of drug-likeness (QED) is 0.666. The number of nitriles is 1. The van der Waals surface area contributed by atoms with E-state index in [0.29, 0.717) is 5.56 Å². The number of hydrogen-bond donors (Lipinski definition) is 1. The number of carbonyl (C=O) groups is 1. The van der Waals surface area contributed by atoms with Gasteiger partial charge in [0.1, 0.15) is 6.07 Å². The molecule has 1 rings (SSSR count). The Bertz CT molecular complexity index is 442. The molecule has 0 aliphatic heterocycles. The van der Waals surface area contributed by atoms with E-state index in [0.717, 1.165) is 0 Å². The molecule has 1 aromatic rings. The summed E-state index contributed by atoms with van der Waals surface area (Å²) in [5.41, 5.74) is 0.306. The monoisotopic (exact) mass is 192 g/mol. The average Bonchev–Trinajstić information content (AvgIpc) is 2.18. The highest BCUT2D eigenvalue weighted by atomic mass is 16.5. The van der Waals surface area contributed by atoms with Gasteiger partial charge in [-0.15, -0.1) is 0 Å². The van der Waals surface area contributed by atoms with Gasteiger partial charge >= 0.3 is 5.97 Å². The molecule has 1 heterocycles. The van der Waals surface area contributed by atoms with Crippen molar-refractivity contribution in [3.8, 4) is 6.07 Å². The maximum Gasteiger partial charge on any atom is 0.310 e. The van der Waals surface area contributed by atoms with Crippen LogP contribution < -0.4 is 5.56 Å². The third-order valence-corrected chi connectivity index (χ3v) is 1.69. The fraction of sp³-hybridized carbons (Fsp3) is 0.222. The lowest BCUT2D eigenvalue weighted by molar-refractivity contribution is -0.139. The molecule has 0 saturated heterocycles. The van der Waals surface area contributed by atoms with E-state index in [-0.39, 0.29) is 17.5 Å². The molecule has 0 radical (unpaired) electrons. The Labute approximate surface area is 79.9 Å². The van der Waals surface area contributed by atoms with Gasteiger partial charge in [-0.05, 0) is 5.56 Å². The van der Waals surface area contributed by atoms with Crippen molar-refractivity contribution in [3.63, 3.8) is 0 Å². The Morgan fingerprint density at radius 2 is 2.43 bits per heavy atom. The molecule has 14 heavy (non-hydrogen) atoms. The summed E-state index contributed by atoms with van der Waals surface area (Å²) >= 11 is 0. The topological polar surface area (TPSA) is 83.0 Å². The zero-order valence-electron chi connectivity index (χ0n) is 7.53. The number of methoxy groups -OCH3 is 1. The minimum absolute atomic E-state index is 0.0662. The van der Waals surface area contributed by atoms with Gasteiger partial charge in [0.05, 0.1) is 19.1 Å². The van der Waals surface area contributed by atoms with Gasteiger partial charge in [-0.2, -0.15) is 5.26 Å². The van der Waals surface area contributed by atoms with Crippen molar-refractivity contribution in [2.75, 3.05) is 7.11 Å². The Hall–Kier alpha value is -2.09. The van der Waals surface area contributed by atoms with Crippen LogP contribution in [0.15, 0.2) is 17.1 Å². The normalized spacial score (nSPS) is 9.14. The second kappa shape index (κ2) is 4.23. The first-order valence-electron chi connectivity index (χ1n) is 3.86. The number of nitrogens with zero attached hydrogens (tertiary/aromatic N) is 1. The molecule has 0 aliphatic rings. The second-order valence-electron chi connectivity index (χ2n) is 2.60. The number of pyridine rings is 1. The van der Waals surface area contributed by atoms with E-state index in [9.17, 15) is 9.59 Å². The van der Waals surface area contributed by atoms with E-state index in [2.05, 4.69) is 9.72 Å². The first-order valence-corrected chi connectivity index (χ1v) is 3.86. The van der Waals surface area contributed by atoms with Crippen LogP contribution in [0.1, 0.15) is 11.1 Å². The predicted molar refractivity (Wildman–Crippen MR) is 47.5 cm³/mol. The molecule has 5 heteroatoms. The van der Waals surface area contributed by atoms with Crippen LogP contribution in [0.25, 0.3) is 0 Å². The largest absolute Gasteiger partial charge is 0.469 e. The summed E-state index contributed by atoms with van der Waals surface area (Å²) in [5.74, 6) is -0.480. The minimum atomic E-state index is -0.480. The lowest BCUT2D eigenvalue weighted by Gasteiger charge is -2.00. The van der Waals surface area contributed by atoms with Crippen molar-refractivity contribution in [1.29, 1.82) is 5.26 Å². The summed E-state index contributed by atoms with van der Waals surface area (Å²) in [5, 5.41) is 8.67. The Morgan fingerprint density at radius 1 is 1.71 bits per heavy atom. The molecule has 5 nitrogen and oxygen atoms in total. The van der Waals surface area contributed by atoms with Crippen LogP contribution >= 0.6 is 0 Å². The number of carbonyl (C=O) groups excluding carboxylic acids is 1. The standard InChI is InChI=1S/C9H8N2O3/c1-14-9(13)3-6-2-8(12)11-5-7(6)4-10/h2,5H,3H2,1H3,(H,11,12). The zero-order valence-corrected chi connectivity index (χ0v) is 7.53. The van der Waals surface area contributed by atoms with Crippen molar-refractivity contribution < 1.29 is 9.53 Å². The molecule has 1 aromatic heterocycles. The number of esters is 1. The lowest BCUT2D eigenvalue weighted by Crippen LogP contribution is -2.11. The lowest BCUT2D eigenvalue weighted by atomic mass is 10.1. The summed E-state index contributed by atoms with van der Waals surface area (Å²) < 4.78 is 4.43. The second-order valence-corrected chi connectivity index (χ2v) is 2.60. The maximum atomic E-state index is 10.9. The van der Waals surface area contributed by atoms with Crippen LogP contribution in [-0.4, -0.2) is 18.1 Å². The number of H-pyrrole nitrogens is 1. The van der Waals surface area contributed by atoms with Crippen LogP contribution in [-0.2, 0) is 16.0 Å². The predicted octanol–water partition coefficient (Wildman–Crippen LogP) is -0.0379. The molecular formula is C9H8N2O3. The highest BCUT2D eigenvalue weighted by Crippen LogP contribution is 2.04. The number of aromatic nitrogens is 1. The van der Waals surface area contributed by atoms with Crippen molar-refractivity contribution in [1.82, 2.24) is 4.98 Å². The number of hydrogen-bond acceptors (Lipinski definition) is 4. The first-order chi connectivity index (χ1) is 6.67.